The third-order valence-electron chi connectivity index (χ3n) is 6.58. The minimum atomic E-state index is 0.142. The lowest BCUT2D eigenvalue weighted by Crippen LogP contribution is -2.68. The summed E-state index contributed by atoms with van der Waals surface area (Å²) in [5, 5.41) is 10.3. The van der Waals surface area contributed by atoms with E-state index in [1.807, 2.05) is 0 Å². The van der Waals surface area contributed by atoms with E-state index in [4.69, 9.17) is 9.73 Å². The molecule has 3 rings (SSSR count). The first-order valence-electron chi connectivity index (χ1n) is 11.1. The Morgan fingerprint density at radius 2 is 1.93 bits per heavy atom. The number of nitrogens with one attached hydrogen (secondary N) is 3. The first-order valence-corrected chi connectivity index (χ1v) is 11.1. The standard InChI is InChI=1S/C21H39N5O2/c1-5-10-23-17(27)14-26-11-7-15(8-12-26)24-20(22-6-2)25-18-16-9-13-28-19(16)21(18,3)4/h15-16,18-19H,5-14H2,1-4H3,(H,23,27)(H2,22,24,25). The average molecular weight is 394 g/mol. The summed E-state index contributed by atoms with van der Waals surface area (Å²) in [6, 6.07) is 0.826. The van der Waals surface area contributed by atoms with Crippen molar-refractivity contribution < 1.29 is 9.53 Å². The van der Waals surface area contributed by atoms with Crippen molar-refractivity contribution >= 4 is 11.9 Å². The lowest BCUT2D eigenvalue weighted by Gasteiger charge is -2.55. The molecule has 7 nitrogen and oxygen atoms in total. The van der Waals surface area contributed by atoms with Gasteiger partial charge in [-0.25, -0.2) is 0 Å². The summed E-state index contributed by atoms with van der Waals surface area (Å²) in [6.07, 6.45) is 4.58. The van der Waals surface area contributed by atoms with Gasteiger partial charge in [-0.3, -0.25) is 14.7 Å². The van der Waals surface area contributed by atoms with Gasteiger partial charge in [-0.2, -0.15) is 0 Å². The predicted molar refractivity (Wildman–Crippen MR) is 112 cm³/mol. The molecule has 1 amide bonds. The molecule has 2 aliphatic heterocycles. The Hall–Kier alpha value is -1.34. The van der Waals surface area contributed by atoms with E-state index < -0.39 is 0 Å². The molecule has 2 saturated heterocycles. The van der Waals surface area contributed by atoms with E-state index in [0.717, 1.165) is 64.4 Å². The van der Waals surface area contributed by atoms with Gasteiger partial charge in [0.15, 0.2) is 5.96 Å². The third-order valence-corrected chi connectivity index (χ3v) is 6.58. The number of nitrogens with zero attached hydrogens (tertiary/aromatic N) is 2. The normalized spacial score (nSPS) is 30.4. The molecule has 0 radical (unpaired) electrons. The summed E-state index contributed by atoms with van der Waals surface area (Å²) in [4.78, 5) is 18.9. The largest absolute Gasteiger partial charge is 0.377 e. The van der Waals surface area contributed by atoms with E-state index in [2.05, 4.69) is 48.5 Å². The van der Waals surface area contributed by atoms with Crippen LogP contribution in [0.3, 0.4) is 0 Å². The van der Waals surface area contributed by atoms with Gasteiger partial charge in [0.2, 0.25) is 5.91 Å². The minimum Gasteiger partial charge on any atom is -0.377 e. The highest BCUT2D eigenvalue weighted by atomic mass is 16.5. The van der Waals surface area contributed by atoms with E-state index >= 15 is 0 Å². The van der Waals surface area contributed by atoms with Gasteiger partial charge in [0.05, 0.1) is 12.6 Å². The molecule has 28 heavy (non-hydrogen) atoms. The van der Waals surface area contributed by atoms with Gasteiger partial charge in [-0.05, 0) is 32.6 Å². The van der Waals surface area contributed by atoms with Crippen LogP contribution in [0.5, 0.6) is 0 Å². The molecule has 2 heterocycles. The molecule has 3 fully saturated rings. The highest BCUT2D eigenvalue weighted by Gasteiger charge is 2.59. The molecule has 1 aliphatic carbocycles. The van der Waals surface area contributed by atoms with Gasteiger partial charge in [0.25, 0.3) is 0 Å². The van der Waals surface area contributed by atoms with Gasteiger partial charge in [0.1, 0.15) is 0 Å². The quantitative estimate of drug-likeness (QED) is 0.450. The Bertz CT molecular complexity index is 557. The van der Waals surface area contributed by atoms with Crippen molar-refractivity contribution in [3.63, 3.8) is 0 Å². The summed E-state index contributed by atoms with van der Waals surface area (Å²) in [6.45, 7) is 13.6. The average Bonchev–Trinajstić information content (AvgIpc) is 3.13. The number of carbonyl (C=O) groups is 1. The zero-order valence-electron chi connectivity index (χ0n) is 18.1. The molecule has 1 saturated carbocycles. The van der Waals surface area contributed by atoms with E-state index in [9.17, 15) is 4.79 Å². The van der Waals surface area contributed by atoms with Crippen molar-refractivity contribution in [1.82, 2.24) is 20.9 Å². The molecule has 0 aromatic heterocycles. The Kier molecular flexibility index (Phi) is 7.20. The first kappa shape index (κ1) is 21.4. The number of rotatable bonds is 7. The van der Waals surface area contributed by atoms with E-state index in [-0.39, 0.29) is 11.3 Å². The number of likely N-dealkylation sites (tertiary alicyclic amines) is 1. The molecule has 0 aromatic carbocycles. The summed E-state index contributed by atoms with van der Waals surface area (Å²) < 4.78 is 5.92. The fraction of sp³-hybridized carbons (Fsp3) is 0.905. The van der Waals surface area contributed by atoms with Crippen LogP contribution in [0.25, 0.3) is 0 Å². The van der Waals surface area contributed by atoms with Crippen molar-refractivity contribution in [2.75, 3.05) is 39.3 Å². The van der Waals surface area contributed by atoms with Crippen LogP contribution in [-0.4, -0.2) is 74.3 Å². The van der Waals surface area contributed by atoms with Gasteiger partial charge < -0.3 is 20.7 Å². The Labute approximate surface area is 170 Å². The number of hydrogen-bond acceptors (Lipinski definition) is 4. The monoisotopic (exact) mass is 393 g/mol. The van der Waals surface area contributed by atoms with Crippen molar-refractivity contribution in [1.29, 1.82) is 0 Å². The molecular formula is C21H39N5O2. The number of aliphatic imine (C=N–C) groups is 1. The summed E-state index contributed by atoms with van der Waals surface area (Å²) >= 11 is 0. The van der Waals surface area contributed by atoms with Crippen LogP contribution >= 0.6 is 0 Å². The number of fused-ring (bicyclic) bond motifs is 1. The van der Waals surface area contributed by atoms with E-state index in [0.29, 0.717) is 30.7 Å². The van der Waals surface area contributed by atoms with Crippen LogP contribution < -0.4 is 16.0 Å². The van der Waals surface area contributed by atoms with Crippen LogP contribution in [-0.2, 0) is 9.53 Å². The summed E-state index contributed by atoms with van der Waals surface area (Å²) in [7, 11) is 0. The maximum atomic E-state index is 11.9. The van der Waals surface area contributed by atoms with Crippen molar-refractivity contribution in [3.8, 4) is 0 Å². The second-order valence-electron chi connectivity index (χ2n) is 9.05. The molecule has 160 valence electrons. The molecule has 7 heteroatoms. The van der Waals surface area contributed by atoms with Crippen molar-refractivity contribution in [2.24, 2.45) is 16.3 Å². The minimum absolute atomic E-state index is 0.142. The zero-order chi connectivity index (χ0) is 20.1. The maximum absolute atomic E-state index is 11.9. The van der Waals surface area contributed by atoms with Gasteiger partial charge in [-0.15, -0.1) is 0 Å². The number of amides is 1. The highest BCUT2D eigenvalue weighted by molar-refractivity contribution is 5.81. The number of piperidine rings is 1. The van der Waals surface area contributed by atoms with E-state index in [1.54, 1.807) is 0 Å². The Morgan fingerprint density at radius 3 is 2.61 bits per heavy atom. The fourth-order valence-corrected chi connectivity index (χ4v) is 5.01. The lowest BCUT2D eigenvalue weighted by molar-refractivity contribution is -0.122. The first-order chi connectivity index (χ1) is 13.5. The highest BCUT2D eigenvalue weighted by Crippen LogP contribution is 2.52. The molecule has 3 aliphatic rings. The summed E-state index contributed by atoms with van der Waals surface area (Å²) in [5.74, 6) is 1.68. The molecule has 0 aromatic rings. The number of carbonyl (C=O) groups excluding carboxylic acids is 1. The van der Waals surface area contributed by atoms with Gasteiger partial charge >= 0.3 is 0 Å². The Balaban J connectivity index is 1.46. The van der Waals surface area contributed by atoms with Crippen molar-refractivity contribution in [3.05, 3.63) is 0 Å². The molecule has 3 atom stereocenters. The summed E-state index contributed by atoms with van der Waals surface area (Å²) in [5.41, 5.74) is 0.145. The van der Waals surface area contributed by atoms with Gasteiger partial charge in [0, 0.05) is 56.2 Å². The van der Waals surface area contributed by atoms with Crippen molar-refractivity contribution in [2.45, 2.75) is 71.6 Å². The molecule has 3 unspecified atom stereocenters. The molecule has 0 spiro atoms. The van der Waals surface area contributed by atoms with Gasteiger partial charge in [-0.1, -0.05) is 20.8 Å². The molecule has 3 N–H and O–H groups in total. The third kappa shape index (κ3) is 4.79. The second kappa shape index (κ2) is 9.44. The lowest BCUT2D eigenvalue weighted by atomic mass is 9.57. The number of guanidine groups is 1. The Morgan fingerprint density at radius 1 is 1.18 bits per heavy atom. The van der Waals surface area contributed by atoms with Crippen LogP contribution in [0.2, 0.25) is 0 Å². The number of hydrogen-bond donors (Lipinski definition) is 3. The molecule has 0 bridgehead atoms. The number of ether oxygens (including phenoxy) is 1. The fourth-order valence-electron chi connectivity index (χ4n) is 5.01. The topological polar surface area (TPSA) is 78.0 Å². The second-order valence-corrected chi connectivity index (χ2v) is 9.05. The van der Waals surface area contributed by atoms with Crippen LogP contribution in [0.4, 0.5) is 0 Å². The van der Waals surface area contributed by atoms with E-state index in [1.165, 1.54) is 0 Å². The van der Waals surface area contributed by atoms with Crippen LogP contribution in [0.15, 0.2) is 4.99 Å². The van der Waals surface area contributed by atoms with Crippen LogP contribution in [0.1, 0.15) is 53.4 Å². The van der Waals surface area contributed by atoms with Crippen LogP contribution in [0, 0.1) is 11.3 Å². The predicted octanol–water partition coefficient (Wildman–Crippen LogP) is 1.35. The zero-order valence-corrected chi connectivity index (χ0v) is 18.1. The smallest absolute Gasteiger partial charge is 0.234 e. The maximum Gasteiger partial charge on any atom is 0.234 e. The molecular weight excluding hydrogens is 354 g/mol. The SMILES string of the molecule is CCCNC(=O)CN1CCC(NC(=NCC)NC2C3CCOC3C2(C)C)CC1.